The normalized spacial score (nSPS) is 16.9. The van der Waals surface area contributed by atoms with Crippen molar-refractivity contribution in [2.75, 3.05) is 13.1 Å². The fourth-order valence-corrected chi connectivity index (χ4v) is 6.96. The van der Waals surface area contributed by atoms with E-state index in [9.17, 15) is 16.8 Å². The number of aryl methyl sites for hydroxylation is 1. The van der Waals surface area contributed by atoms with Crippen LogP contribution in [0, 0.1) is 13.8 Å². The first kappa shape index (κ1) is 22.0. The van der Waals surface area contributed by atoms with Crippen LogP contribution in [-0.2, 0) is 25.5 Å². The average Bonchev–Trinajstić information content (AvgIpc) is 2.97. The van der Waals surface area contributed by atoms with Crippen LogP contribution in [0.3, 0.4) is 0 Å². The molecular formula is C20H29N3O4S2. The zero-order valence-corrected chi connectivity index (χ0v) is 19.3. The third-order valence-electron chi connectivity index (χ3n) is 5.34. The quantitative estimate of drug-likeness (QED) is 0.730. The van der Waals surface area contributed by atoms with E-state index < -0.39 is 20.0 Å². The van der Waals surface area contributed by atoms with Gasteiger partial charge in [0.15, 0.2) is 0 Å². The summed E-state index contributed by atoms with van der Waals surface area (Å²) in [5.74, 6) is 0. The molecule has 0 aliphatic carbocycles. The van der Waals surface area contributed by atoms with Gasteiger partial charge in [-0.05, 0) is 49.8 Å². The molecule has 1 aliphatic rings. The lowest BCUT2D eigenvalue weighted by Gasteiger charge is -2.25. The third-order valence-corrected chi connectivity index (χ3v) is 9.17. The molecule has 9 heteroatoms. The Hall–Kier alpha value is -1.71. The summed E-state index contributed by atoms with van der Waals surface area (Å²) in [6.07, 6.45) is 2.62. The first-order valence-corrected chi connectivity index (χ1v) is 12.7. The van der Waals surface area contributed by atoms with Gasteiger partial charge in [-0.1, -0.05) is 39.3 Å². The van der Waals surface area contributed by atoms with Crippen LogP contribution in [0.4, 0.5) is 0 Å². The van der Waals surface area contributed by atoms with Crippen LogP contribution in [-0.4, -0.2) is 43.4 Å². The van der Waals surface area contributed by atoms with E-state index in [1.807, 2.05) is 0 Å². The SMILES string of the molecule is Cc1nn(S(=O)(=O)c2ccc(C(C)(C)C)cc2)c(C)c1S(=O)(=O)N1CCCCC1. The molecule has 2 heterocycles. The molecule has 0 bridgehead atoms. The van der Waals surface area contributed by atoms with Gasteiger partial charge >= 0.3 is 0 Å². The van der Waals surface area contributed by atoms with Gasteiger partial charge in [-0.15, -0.1) is 0 Å². The molecule has 1 aliphatic heterocycles. The minimum Gasteiger partial charge on any atom is -0.207 e. The zero-order valence-electron chi connectivity index (χ0n) is 17.6. The third kappa shape index (κ3) is 4.00. The summed E-state index contributed by atoms with van der Waals surface area (Å²) >= 11 is 0. The molecule has 1 fully saturated rings. The molecule has 0 N–H and O–H groups in total. The maximum absolute atomic E-state index is 13.2. The van der Waals surface area contributed by atoms with Crippen molar-refractivity contribution in [3.63, 3.8) is 0 Å². The molecule has 7 nitrogen and oxygen atoms in total. The second-order valence-electron chi connectivity index (χ2n) is 8.59. The number of nitrogens with zero attached hydrogens (tertiary/aromatic N) is 3. The molecule has 1 saturated heterocycles. The minimum atomic E-state index is -4.00. The van der Waals surface area contributed by atoms with Crippen molar-refractivity contribution in [1.29, 1.82) is 0 Å². The van der Waals surface area contributed by atoms with Crippen LogP contribution in [0.25, 0.3) is 0 Å². The summed E-state index contributed by atoms with van der Waals surface area (Å²) in [6, 6.07) is 6.66. The molecule has 1 aromatic carbocycles. The summed E-state index contributed by atoms with van der Waals surface area (Å²) in [7, 11) is -7.79. The van der Waals surface area contributed by atoms with Crippen LogP contribution in [0.5, 0.6) is 0 Å². The average molecular weight is 440 g/mol. The van der Waals surface area contributed by atoms with Crippen LogP contribution in [0.15, 0.2) is 34.1 Å². The van der Waals surface area contributed by atoms with E-state index in [4.69, 9.17) is 0 Å². The molecule has 160 valence electrons. The smallest absolute Gasteiger partial charge is 0.207 e. The number of piperidine rings is 1. The fourth-order valence-electron chi connectivity index (χ4n) is 3.67. The van der Waals surface area contributed by atoms with Crippen LogP contribution in [0.1, 0.15) is 57.0 Å². The number of aromatic nitrogens is 2. The molecule has 0 atom stereocenters. The molecule has 1 aromatic heterocycles. The first-order chi connectivity index (χ1) is 13.4. The van der Waals surface area contributed by atoms with E-state index in [1.54, 1.807) is 31.2 Å². The summed E-state index contributed by atoms with van der Waals surface area (Å²) < 4.78 is 54.9. The minimum absolute atomic E-state index is 0.00529. The molecule has 0 saturated carbocycles. The molecule has 3 rings (SSSR count). The topological polar surface area (TPSA) is 89.3 Å². The van der Waals surface area contributed by atoms with E-state index in [1.165, 1.54) is 11.2 Å². The number of hydrogen-bond donors (Lipinski definition) is 0. The van der Waals surface area contributed by atoms with Gasteiger partial charge in [-0.3, -0.25) is 0 Å². The Morgan fingerprint density at radius 2 is 1.41 bits per heavy atom. The number of benzene rings is 1. The zero-order chi connectivity index (χ0) is 21.6. The van der Waals surface area contributed by atoms with Crippen molar-refractivity contribution in [3.05, 3.63) is 41.2 Å². The predicted octanol–water partition coefficient (Wildman–Crippen LogP) is 3.21. The van der Waals surface area contributed by atoms with E-state index in [-0.39, 0.29) is 26.6 Å². The Balaban J connectivity index is 2.05. The van der Waals surface area contributed by atoms with Gasteiger partial charge in [-0.25, -0.2) is 8.42 Å². The van der Waals surface area contributed by atoms with Crippen LogP contribution >= 0.6 is 0 Å². The first-order valence-electron chi connectivity index (χ1n) is 9.79. The highest BCUT2D eigenvalue weighted by Crippen LogP contribution is 2.29. The van der Waals surface area contributed by atoms with Gasteiger partial charge in [-0.2, -0.15) is 21.9 Å². The monoisotopic (exact) mass is 439 g/mol. The highest BCUT2D eigenvalue weighted by molar-refractivity contribution is 7.90. The molecule has 0 unspecified atom stereocenters. The fraction of sp³-hybridized carbons (Fsp3) is 0.550. The van der Waals surface area contributed by atoms with Crippen molar-refractivity contribution in [1.82, 2.24) is 13.5 Å². The molecular weight excluding hydrogens is 410 g/mol. The molecule has 2 aromatic rings. The van der Waals surface area contributed by atoms with Gasteiger partial charge in [0, 0.05) is 13.1 Å². The van der Waals surface area contributed by atoms with Crippen molar-refractivity contribution in [2.24, 2.45) is 0 Å². The largest absolute Gasteiger partial charge is 0.283 e. The van der Waals surface area contributed by atoms with Crippen molar-refractivity contribution < 1.29 is 16.8 Å². The molecule has 0 spiro atoms. The highest BCUT2D eigenvalue weighted by Gasteiger charge is 2.34. The van der Waals surface area contributed by atoms with Gasteiger partial charge in [0.05, 0.1) is 16.3 Å². The van der Waals surface area contributed by atoms with Crippen molar-refractivity contribution >= 4 is 20.0 Å². The van der Waals surface area contributed by atoms with Gasteiger partial charge in [0.1, 0.15) is 4.90 Å². The summed E-state index contributed by atoms with van der Waals surface area (Å²) in [6.45, 7) is 10.1. The van der Waals surface area contributed by atoms with E-state index in [0.717, 1.165) is 28.9 Å². The standard InChI is InChI=1S/C20H29N3O4S2/c1-15-19(29(26,27)22-13-7-6-8-14-22)16(2)23(21-15)28(24,25)18-11-9-17(10-12-18)20(3,4)5/h9-12H,6-8,13-14H2,1-5H3. The van der Waals surface area contributed by atoms with Gasteiger partial charge < -0.3 is 0 Å². The Morgan fingerprint density at radius 3 is 1.93 bits per heavy atom. The van der Waals surface area contributed by atoms with Crippen LogP contribution in [0.2, 0.25) is 0 Å². The molecule has 0 amide bonds. The Bertz CT molecular complexity index is 1100. The predicted molar refractivity (Wildman–Crippen MR) is 112 cm³/mol. The Kier molecular flexibility index (Phi) is 5.70. The lowest BCUT2D eigenvalue weighted by molar-refractivity contribution is 0.346. The van der Waals surface area contributed by atoms with Gasteiger partial charge in [0.2, 0.25) is 10.0 Å². The van der Waals surface area contributed by atoms with Crippen LogP contribution < -0.4 is 0 Å². The van der Waals surface area contributed by atoms with Crippen molar-refractivity contribution in [3.8, 4) is 0 Å². The number of sulfonamides is 1. The highest BCUT2D eigenvalue weighted by atomic mass is 32.2. The Morgan fingerprint density at radius 1 is 0.862 bits per heavy atom. The summed E-state index contributed by atoms with van der Waals surface area (Å²) in [5.41, 5.74) is 1.23. The van der Waals surface area contributed by atoms with E-state index >= 15 is 0 Å². The summed E-state index contributed by atoms with van der Waals surface area (Å²) in [4.78, 5) is 0.0762. The lowest BCUT2D eigenvalue weighted by Crippen LogP contribution is -2.36. The maximum Gasteiger partial charge on any atom is 0.283 e. The molecule has 29 heavy (non-hydrogen) atoms. The van der Waals surface area contributed by atoms with E-state index in [0.29, 0.717) is 13.1 Å². The lowest BCUT2D eigenvalue weighted by atomic mass is 9.87. The Labute approximate surface area is 173 Å². The van der Waals surface area contributed by atoms with Gasteiger partial charge in [0.25, 0.3) is 10.0 Å². The van der Waals surface area contributed by atoms with Crippen molar-refractivity contribution in [2.45, 2.75) is 69.1 Å². The second-order valence-corrected chi connectivity index (χ2v) is 12.2. The maximum atomic E-state index is 13.2. The van der Waals surface area contributed by atoms with E-state index in [2.05, 4.69) is 25.9 Å². The summed E-state index contributed by atoms with van der Waals surface area (Å²) in [5, 5.41) is 4.11. The second kappa shape index (κ2) is 7.52. The molecule has 0 radical (unpaired) electrons. The number of hydrogen-bond acceptors (Lipinski definition) is 5. The number of rotatable bonds is 4.